The van der Waals surface area contributed by atoms with Crippen molar-refractivity contribution in [1.29, 1.82) is 0 Å². The second kappa shape index (κ2) is 5.97. The van der Waals surface area contributed by atoms with E-state index in [1.807, 2.05) is 19.3 Å². The lowest BCUT2D eigenvalue weighted by Gasteiger charge is -2.29. The first-order valence-corrected chi connectivity index (χ1v) is 6.36. The van der Waals surface area contributed by atoms with Gasteiger partial charge in [0.25, 0.3) is 0 Å². The Kier molecular flexibility index (Phi) is 4.33. The van der Waals surface area contributed by atoms with Crippen molar-refractivity contribution in [2.45, 2.75) is 25.4 Å². The van der Waals surface area contributed by atoms with Crippen molar-refractivity contribution in [3.8, 4) is 0 Å². The second-order valence-electron chi connectivity index (χ2n) is 4.87. The third-order valence-corrected chi connectivity index (χ3v) is 3.23. The Morgan fingerprint density at radius 3 is 2.89 bits per heavy atom. The summed E-state index contributed by atoms with van der Waals surface area (Å²) in [6, 6.07) is 2.21. The van der Waals surface area contributed by atoms with Crippen LogP contribution in [0.1, 0.15) is 18.5 Å². The van der Waals surface area contributed by atoms with E-state index in [1.54, 1.807) is 4.68 Å². The minimum absolute atomic E-state index is 0.0520. The molecule has 1 aromatic rings. The van der Waals surface area contributed by atoms with E-state index in [9.17, 15) is 4.79 Å². The summed E-state index contributed by atoms with van der Waals surface area (Å²) in [6.45, 7) is 2.78. The molecule has 0 aromatic carbocycles. The van der Waals surface area contributed by atoms with E-state index in [1.165, 1.54) is 0 Å². The van der Waals surface area contributed by atoms with E-state index in [-0.39, 0.29) is 5.91 Å². The van der Waals surface area contributed by atoms with E-state index in [0.29, 0.717) is 19.1 Å². The van der Waals surface area contributed by atoms with Crippen LogP contribution in [0.15, 0.2) is 12.3 Å². The topological polar surface area (TPSA) is 76.2 Å². The largest absolute Gasteiger partial charge is 0.349 e. The monoisotopic (exact) mass is 251 g/mol. The number of aryl methyl sites for hydroxylation is 1. The number of carbonyl (C=O) groups excluding carboxylic acids is 1. The van der Waals surface area contributed by atoms with Crippen LogP contribution in [0, 0.1) is 0 Å². The first-order valence-electron chi connectivity index (χ1n) is 6.36. The van der Waals surface area contributed by atoms with Crippen LogP contribution in [-0.4, -0.2) is 46.3 Å². The number of piperidine rings is 1. The maximum absolute atomic E-state index is 11.8. The molecule has 0 atom stereocenters. The minimum atomic E-state index is 0.0520. The van der Waals surface area contributed by atoms with E-state index in [2.05, 4.69) is 15.3 Å². The van der Waals surface area contributed by atoms with Crippen LogP contribution in [0.2, 0.25) is 0 Å². The standard InChI is InChI=1S/C12H21N5O/c1-16-5-4-11(15-16)8-14-12(18)9-17-6-2-10(13)3-7-17/h4-5,10H,2-3,6-9,13H2,1H3,(H,14,18). The number of likely N-dealkylation sites (tertiary alicyclic amines) is 1. The van der Waals surface area contributed by atoms with Gasteiger partial charge in [0.1, 0.15) is 0 Å². The van der Waals surface area contributed by atoms with Crippen LogP contribution in [0.3, 0.4) is 0 Å². The minimum Gasteiger partial charge on any atom is -0.349 e. The normalized spacial score (nSPS) is 17.9. The van der Waals surface area contributed by atoms with E-state index >= 15 is 0 Å². The van der Waals surface area contributed by atoms with Gasteiger partial charge in [-0.1, -0.05) is 0 Å². The van der Waals surface area contributed by atoms with Crippen molar-refractivity contribution in [2.24, 2.45) is 12.8 Å². The van der Waals surface area contributed by atoms with Crippen LogP contribution in [0.4, 0.5) is 0 Å². The zero-order valence-corrected chi connectivity index (χ0v) is 10.8. The summed E-state index contributed by atoms with van der Waals surface area (Å²) in [5.74, 6) is 0.0520. The van der Waals surface area contributed by atoms with Gasteiger partial charge in [-0.05, 0) is 18.9 Å². The molecule has 18 heavy (non-hydrogen) atoms. The molecule has 1 aromatic heterocycles. The molecule has 1 amide bonds. The lowest BCUT2D eigenvalue weighted by molar-refractivity contribution is -0.122. The SMILES string of the molecule is Cn1ccc(CNC(=O)CN2CCC(N)CC2)n1. The summed E-state index contributed by atoms with van der Waals surface area (Å²) < 4.78 is 1.73. The van der Waals surface area contributed by atoms with Crippen molar-refractivity contribution < 1.29 is 4.79 Å². The molecule has 1 fully saturated rings. The maximum Gasteiger partial charge on any atom is 0.234 e. The lowest BCUT2D eigenvalue weighted by atomic mass is 10.1. The quantitative estimate of drug-likeness (QED) is 0.753. The van der Waals surface area contributed by atoms with Crippen molar-refractivity contribution in [1.82, 2.24) is 20.0 Å². The summed E-state index contributed by atoms with van der Waals surface area (Å²) in [6.07, 6.45) is 3.83. The Balaban J connectivity index is 1.69. The molecule has 0 unspecified atom stereocenters. The summed E-state index contributed by atoms with van der Waals surface area (Å²) >= 11 is 0. The van der Waals surface area contributed by atoms with Crippen LogP contribution < -0.4 is 11.1 Å². The number of rotatable bonds is 4. The molecular formula is C12H21N5O. The van der Waals surface area contributed by atoms with Crippen LogP contribution in [-0.2, 0) is 18.4 Å². The van der Waals surface area contributed by atoms with E-state index < -0.39 is 0 Å². The van der Waals surface area contributed by atoms with Gasteiger partial charge < -0.3 is 11.1 Å². The van der Waals surface area contributed by atoms with Crippen molar-refractivity contribution in [3.05, 3.63) is 18.0 Å². The fourth-order valence-electron chi connectivity index (χ4n) is 2.12. The van der Waals surface area contributed by atoms with Gasteiger partial charge in [-0.15, -0.1) is 0 Å². The number of carbonyl (C=O) groups is 1. The molecule has 1 saturated heterocycles. The Labute approximate surface area is 107 Å². The molecule has 6 nitrogen and oxygen atoms in total. The first-order chi connectivity index (χ1) is 8.63. The molecular weight excluding hydrogens is 230 g/mol. The van der Waals surface area contributed by atoms with Gasteiger partial charge in [0.05, 0.1) is 18.8 Å². The zero-order chi connectivity index (χ0) is 13.0. The number of hydrogen-bond donors (Lipinski definition) is 2. The molecule has 3 N–H and O–H groups in total. The maximum atomic E-state index is 11.8. The van der Waals surface area contributed by atoms with E-state index in [4.69, 9.17) is 5.73 Å². The molecule has 2 heterocycles. The number of hydrogen-bond acceptors (Lipinski definition) is 4. The smallest absolute Gasteiger partial charge is 0.234 e. The molecule has 0 bridgehead atoms. The van der Waals surface area contributed by atoms with Gasteiger partial charge in [0.2, 0.25) is 5.91 Å². The number of nitrogens with two attached hydrogens (primary N) is 1. The first kappa shape index (κ1) is 13.0. The summed E-state index contributed by atoms with van der Waals surface area (Å²) in [5, 5.41) is 7.09. The summed E-state index contributed by atoms with van der Waals surface area (Å²) in [5.41, 5.74) is 6.71. The zero-order valence-electron chi connectivity index (χ0n) is 10.8. The Morgan fingerprint density at radius 1 is 1.56 bits per heavy atom. The molecule has 100 valence electrons. The molecule has 1 aliphatic rings. The number of nitrogens with zero attached hydrogens (tertiary/aromatic N) is 3. The van der Waals surface area contributed by atoms with Crippen LogP contribution in [0.5, 0.6) is 0 Å². The number of nitrogens with one attached hydrogen (secondary N) is 1. The van der Waals surface area contributed by atoms with E-state index in [0.717, 1.165) is 31.6 Å². The number of aromatic nitrogens is 2. The van der Waals surface area contributed by atoms with Crippen molar-refractivity contribution in [3.63, 3.8) is 0 Å². The predicted octanol–water partition coefficient (Wildman–Crippen LogP) is -0.541. The molecule has 0 aliphatic carbocycles. The average molecular weight is 251 g/mol. The third-order valence-electron chi connectivity index (χ3n) is 3.23. The third kappa shape index (κ3) is 3.82. The fraction of sp³-hybridized carbons (Fsp3) is 0.667. The number of amides is 1. The molecule has 0 spiro atoms. The summed E-state index contributed by atoms with van der Waals surface area (Å²) in [4.78, 5) is 13.9. The fourth-order valence-corrected chi connectivity index (χ4v) is 2.12. The molecule has 6 heteroatoms. The molecule has 0 saturated carbocycles. The van der Waals surface area contributed by atoms with Gasteiger partial charge in [-0.25, -0.2) is 0 Å². The summed E-state index contributed by atoms with van der Waals surface area (Å²) in [7, 11) is 1.86. The van der Waals surface area contributed by atoms with Gasteiger partial charge >= 0.3 is 0 Å². The Hall–Kier alpha value is -1.40. The van der Waals surface area contributed by atoms with Crippen molar-refractivity contribution in [2.75, 3.05) is 19.6 Å². The van der Waals surface area contributed by atoms with Crippen LogP contribution >= 0.6 is 0 Å². The highest BCUT2D eigenvalue weighted by atomic mass is 16.2. The Morgan fingerprint density at radius 2 is 2.28 bits per heavy atom. The lowest BCUT2D eigenvalue weighted by Crippen LogP contribution is -2.44. The Bertz CT molecular complexity index is 395. The van der Waals surface area contributed by atoms with Gasteiger partial charge in [-0.3, -0.25) is 14.4 Å². The highest BCUT2D eigenvalue weighted by Crippen LogP contribution is 2.07. The molecule has 2 rings (SSSR count). The highest BCUT2D eigenvalue weighted by molar-refractivity contribution is 5.77. The van der Waals surface area contributed by atoms with Crippen LogP contribution in [0.25, 0.3) is 0 Å². The highest BCUT2D eigenvalue weighted by Gasteiger charge is 2.17. The predicted molar refractivity (Wildman–Crippen MR) is 68.7 cm³/mol. The second-order valence-corrected chi connectivity index (χ2v) is 4.87. The average Bonchev–Trinajstić information content (AvgIpc) is 2.76. The molecule has 0 radical (unpaired) electrons. The van der Waals surface area contributed by atoms with Gasteiger partial charge in [0.15, 0.2) is 0 Å². The molecule has 1 aliphatic heterocycles. The van der Waals surface area contributed by atoms with Crippen molar-refractivity contribution >= 4 is 5.91 Å². The van der Waals surface area contributed by atoms with Gasteiger partial charge in [0, 0.05) is 32.4 Å². The van der Waals surface area contributed by atoms with Gasteiger partial charge in [-0.2, -0.15) is 5.10 Å².